The number of carbonyl (C=O) groups is 3. The van der Waals surface area contributed by atoms with Gasteiger partial charge in [0.25, 0.3) is 0 Å². The molecule has 0 saturated carbocycles. The number of aromatic hydroxyl groups is 1. The molecule has 11 heteroatoms. The number of hydrogen-bond donors (Lipinski definition) is 5. The highest BCUT2D eigenvalue weighted by Gasteiger charge is 2.28. The molecule has 0 bridgehead atoms. The first-order chi connectivity index (χ1) is 13.7. The molecule has 0 aliphatic carbocycles. The van der Waals surface area contributed by atoms with Crippen LogP contribution in [0, 0.1) is 0 Å². The van der Waals surface area contributed by atoms with Gasteiger partial charge in [-0.2, -0.15) is 0 Å². The van der Waals surface area contributed by atoms with E-state index in [-0.39, 0.29) is 30.8 Å². The van der Waals surface area contributed by atoms with E-state index in [1.807, 2.05) is 0 Å². The van der Waals surface area contributed by atoms with Crippen molar-refractivity contribution in [2.45, 2.75) is 19.0 Å². The fourth-order valence-corrected chi connectivity index (χ4v) is 2.89. The number of carboxylic acids is 3. The predicted molar refractivity (Wildman–Crippen MR) is 98.7 cm³/mol. The molecular formula is C18H20N2O9. The van der Waals surface area contributed by atoms with E-state index in [0.717, 1.165) is 4.90 Å². The third-order valence-corrected chi connectivity index (χ3v) is 4.17. The minimum absolute atomic E-state index is 0.0420. The molecule has 0 amide bonds. The van der Waals surface area contributed by atoms with Crippen molar-refractivity contribution in [1.29, 1.82) is 0 Å². The Labute approximate surface area is 163 Å². The molecular weight excluding hydrogens is 388 g/mol. The summed E-state index contributed by atoms with van der Waals surface area (Å²) in [6.07, 6.45) is -0.0919. The molecule has 0 radical (unpaired) electrons. The quantitative estimate of drug-likeness (QED) is 0.248. The monoisotopic (exact) mass is 408 g/mol. The highest BCUT2D eigenvalue weighted by atomic mass is 16.4. The van der Waals surface area contributed by atoms with Crippen molar-refractivity contribution in [2.24, 2.45) is 0 Å². The Bertz CT molecular complexity index is 953. The summed E-state index contributed by atoms with van der Waals surface area (Å²) in [6.45, 7) is -1.36. The van der Waals surface area contributed by atoms with Crippen LogP contribution in [0.25, 0.3) is 11.0 Å². The van der Waals surface area contributed by atoms with E-state index in [4.69, 9.17) is 14.6 Å². The normalized spacial score (nSPS) is 12.2. The molecule has 0 fully saturated rings. The van der Waals surface area contributed by atoms with Crippen LogP contribution in [-0.4, -0.2) is 68.9 Å². The fourth-order valence-electron chi connectivity index (χ4n) is 2.89. The minimum atomic E-state index is -1.35. The topological polar surface area (TPSA) is 178 Å². The number of fused-ring (bicyclic) bond motifs is 1. The van der Waals surface area contributed by atoms with Gasteiger partial charge in [0.1, 0.15) is 17.4 Å². The van der Waals surface area contributed by atoms with Gasteiger partial charge in [0.2, 0.25) is 0 Å². The minimum Gasteiger partial charge on any atom is -0.507 e. The number of nitrogens with one attached hydrogen (secondary N) is 1. The Kier molecular flexibility index (Phi) is 7.28. The molecule has 0 aliphatic rings. The standard InChI is InChI=1S/C18H20N2O9/c21-13-3-1-10-2-4-16(26)29-17(10)11(13)7-19-6-5-12(18(27)28)20(8-14(22)23)9-15(24)25/h1-4,12,19,21H,5-9H2,(H,22,23)(H,24,25)(H,27,28)/t12-/m0/s1. The molecule has 0 aliphatic heterocycles. The van der Waals surface area contributed by atoms with Crippen molar-refractivity contribution < 1.29 is 39.2 Å². The van der Waals surface area contributed by atoms with Crippen LogP contribution in [0.2, 0.25) is 0 Å². The Hall–Kier alpha value is -3.44. The summed E-state index contributed by atoms with van der Waals surface area (Å²) >= 11 is 0. The Morgan fingerprint density at radius 3 is 2.24 bits per heavy atom. The number of phenols is 1. The van der Waals surface area contributed by atoms with Gasteiger partial charge >= 0.3 is 23.5 Å². The zero-order chi connectivity index (χ0) is 21.6. The maximum atomic E-state index is 11.5. The average molecular weight is 408 g/mol. The van der Waals surface area contributed by atoms with Crippen molar-refractivity contribution in [2.75, 3.05) is 19.6 Å². The Balaban J connectivity index is 2.08. The lowest BCUT2D eigenvalue weighted by molar-refractivity contribution is -0.149. The van der Waals surface area contributed by atoms with Crippen molar-refractivity contribution in [1.82, 2.24) is 10.2 Å². The van der Waals surface area contributed by atoms with E-state index in [9.17, 15) is 29.4 Å². The molecule has 0 spiro atoms. The molecule has 0 saturated heterocycles. The van der Waals surface area contributed by atoms with Gasteiger partial charge in [-0.25, -0.2) is 4.79 Å². The molecule has 156 valence electrons. The van der Waals surface area contributed by atoms with Gasteiger partial charge in [-0.1, -0.05) is 0 Å². The van der Waals surface area contributed by atoms with Crippen LogP contribution in [0.4, 0.5) is 0 Å². The number of carboxylic acid groups (broad SMARTS) is 3. The predicted octanol–water partition coefficient (Wildman–Crippen LogP) is -0.0973. The van der Waals surface area contributed by atoms with Gasteiger partial charge in [-0.05, 0) is 31.2 Å². The number of hydrogen-bond acceptors (Lipinski definition) is 8. The van der Waals surface area contributed by atoms with Crippen molar-refractivity contribution in [3.05, 3.63) is 40.2 Å². The Morgan fingerprint density at radius 1 is 1.03 bits per heavy atom. The second kappa shape index (κ2) is 9.66. The van der Waals surface area contributed by atoms with E-state index in [1.54, 1.807) is 12.1 Å². The summed E-state index contributed by atoms with van der Waals surface area (Å²) in [6, 6.07) is 4.45. The third-order valence-electron chi connectivity index (χ3n) is 4.17. The van der Waals surface area contributed by atoms with E-state index < -0.39 is 42.7 Å². The van der Waals surface area contributed by atoms with Crippen LogP contribution in [0.15, 0.2) is 33.5 Å². The SMILES string of the molecule is O=C(O)CN(CC(=O)O)[C@@H](CCNCc1c(O)ccc2ccc(=O)oc12)C(=O)O. The van der Waals surface area contributed by atoms with Gasteiger partial charge in [0.15, 0.2) is 0 Å². The molecule has 1 aromatic carbocycles. The molecule has 29 heavy (non-hydrogen) atoms. The van der Waals surface area contributed by atoms with E-state index >= 15 is 0 Å². The first kappa shape index (κ1) is 21.9. The van der Waals surface area contributed by atoms with Crippen LogP contribution in [0.5, 0.6) is 5.75 Å². The maximum Gasteiger partial charge on any atom is 0.336 e. The highest BCUT2D eigenvalue weighted by Crippen LogP contribution is 2.26. The van der Waals surface area contributed by atoms with Crippen LogP contribution in [-0.2, 0) is 20.9 Å². The lowest BCUT2D eigenvalue weighted by Gasteiger charge is -2.25. The summed E-state index contributed by atoms with van der Waals surface area (Å²) in [4.78, 5) is 45.6. The molecule has 1 atom stereocenters. The summed E-state index contributed by atoms with van der Waals surface area (Å²) in [5.74, 6) is -4.16. The van der Waals surface area contributed by atoms with E-state index in [0.29, 0.717) is 10.9 Å². The molecule has 11 nitrogen and oxygen atoms in total. The smallest absolute Gasteiger partial charge is 0.336 e. The second-order valence-electron chi connectivity index (χ2n) is 6.25. The van der Waals surface area contributed by atoms with Gasteiger partial charge in [-0.15, -0.1) is 0 Å². The van der Waals surface area contributed by atoms with E-state index in [1.165, 1.54) is 12.1 Å². The van der Waals surface area contributed by atoms with Crippen LogP contribution in [0.1, 0.15) is 12.0 Å². The summed E-state index contributed by atoms with van der Waals surface area (Å²) in [5.41, 5.74) is -0.0913. The molecule has 0 unspecified atom stereocenters. The zero-order valence-corrected chi connectivity index (χ0v) is 15.2. The second-order valence-corrected chi connectivity index (χ2v) is 6.25. The largest absolute Gasteiger partial charge is 0.507 e. The van der Waals surface area contributed by atoms with Crippen molar-refractivity contribution >= 4 is 28.9 Å². The molecule has 2 aromatic rings. The number of benzene rings is 1. The molecule has 2 rings (SSSR count). The van der Waals surface area contributed by atoms with Gasteiger partial charge < -0.3 is 30.2 Å². The van der Waals surface area contributed by atoms with Gasteiger partial charge in [-0.3, -0.25) is 19.3 Å². The number of phenolic OH excluding ortho intramolecular Hbond substituents is 1. The fraction of sp³-hybridized carbons (Fsp3) is 0.333. The highest BCUT2D eigenvalue weighted by molar-refractivity contribution is 5.82. The van der Waals surface area contributed by atoms with Crippen LogP contribution >= 0.6 is 0 Å². The average Bonchev–Trinajstić information content (AvgIpc) is 2.61. The van der Waals surface area contributed by atoms with Crippen LogP contribution in [0.3, 0.4) is 0 Å². The molecule has 5 N–H and O–H groups in total. The third kappa shape index (κ3) is 6.02. The van der Waals surface area contributed by atoms with Crippen molar-refractivity contribution in [3.63, 3.8) is 0 Å². The van der Waals surface area contributed by atoms with E-state index in [2.05, 4.69) is 5.32 Å². The van der Waals surface area contributed by atoms with Gasteiger partial charge in [0.05, 0.1) is 18.7 Å². The Morgan fingerprint density at radius 2 is 1.66 bits per heavy atom. The van der Waals surface area contributed by atoms with Crippen molar-refractivity contribution in [3.8, 4) is 5.75 Å². The number of aliphatic carboxylic acids is 3. The zero-order valence-electron chi connectivity index (χ0n) is 15.2. The first-order valence-electron chi connectivity index (χ1n) is 8.55. The summed E-state index contributed by atoms with van der Waals surface area (Å²) in [7, 11) is 0. The lowest BCUT2D eigenvalue weighted by atomic mass is 10.1. The van der Waals surface area contributed by atoms with Gasteiger partial charge in [0, 0.05) is 18.0 Å². The number of nitrogens with zero attached hydrogens (tertiary/aromatic N) is 1. The molecule has 1 heterocycles. The first-order valence-corrected chi connectivity index (χ1v) is 8.55. The lowest BCUT2D eigenvalue weighted by Crippen LogP contribution is -2.47. The van der Waals surface area contributed by atoms with Crippen LogP contribution < -0.4 is 10.9 Å². The maximum absolute atomic E-state index is 11.5. The summed E-state index contributed by atoms with van der Waals surface area (Å²) < 4.78 is 5.13. The number of rotatable bonds is 11. The summed E-state index contributed by atoms with van der Waals surface area (Å²) in [5, 5.41) is 40.7. The molecule has 1 aromatic heterocycles.